The molecule has 2 N–H and O–H groups in total. The maximum absolute atomic E-state index is 12.2. The van der Waals surface area contributed by atoms with Crippen LogP contribution in [0, 0.1) is 6.92 Å². The fourth-order valence-corrected chi connectivity index (χ4v) is 3.11. The van der Waals surface area contributed by atoms with Gasteiger partial charge in [-0.3, -0.25) is 9.69 Å². The number of carbonyl (C=O) groups excluding carboxylic acids is 1. The molecule has 1 saturated heterocycles. The molecule has 1 aliphatic rings. The second-order valence-electron chi connectivity index (χ2n) is 6.13. The van der Waals surface area contributed by atoms with Gasteiger partial charge in [-0.05, 0) is 63.4 Å². The molecule has 0 saturated carbocycles. The van der Waals surface area contributed by atoms with Gasteiger partial charge < -0.3 is 10.4 Å². The number of aryl methyl sites for hydroxylation is 1. The molecule has 1 aromatic carbocycles. The van der Waals surface area contributed by atoms with E-state index < -0.39 is 5.60 Å². The largest absolute Gasteiger partial charge is 0.390 e. The number of hydrogen-bond acceptors (Lipinski definition) is 3. The molecular formula is C16H23BrN2O2. The summed E-state index contributed by atoms with van der Waals surface area (Å²) in [7, 11) is 0. The minimum absolute atomic E-state index is 0.00182. The number of benzene rings is 1. The van der Waals surface area contributed by atoms with Crippen LogP contribution >= 0.6 is 15.9 Å². The number of hydrogen-bond donors (Lipinski definition) is 2. The summed E-state index contributed by atoms with van der Waals surface area (Å²) in [5, 5.41) is 13.0. The number of aliphatic hydroxyl groups is 1. The van der Waals surface area contributed by atoms with Gasteiger partial charge in [0.15, 0.2) is 0 Å². The van der Waals surface area contributed by atoms with Gasteiger partial charge in [-0.15, -0.1) is 0 Å². The summed E-state index contributed by atoms with van der Waals surface area (Å²) >= 11 is 3.42. The van der Waals surface area contributed by atoms with Crippen LogP contribution in [0.3, 0.4) is 0 Å². The molecule has 2 rings (SSSR count). The van der Waals surface area contributed by atoms with Crippen LogP contribution < -0.4 is 5.32 Å². The molecule has 21 heavy (non-hydrogen) atoms. The number of nitrogens with one attached hydrogen (secondary N) is 1. The molecule has 0 aliphatic carbocycles. The second-order valence-corrected chi connectivity index (χ2v) is 7.05. The van der Waals surface area contributed by atoms with E-state index in [1.807, 2.05) is 32.0 Å². The standard InChI is InChI=1S/C16H23BrN2O2/c1-12-10-13(17)4-5-14(12)18-15(20)11-19-8-3-6-16(2,21)7-9-19/h4-5,10,21H,3,6-9,11H2,1-2H3,(H,18,20). The summed E-state index contributed by atoms with van der Waals surface area (Å²) in [6, 6.07) is 5.81. The van der Waals surface area contributed by atoms with Crippen LogP contribution in [0.2, 0.25) is 0 Å². The molecule has 1 unspecified atom stereocenters. The molecule has 0 aromatic heterocycles. The first-order valence-electron chi connectivity index (χ1n) is 7.36. The fourth-order valence-electron chi connectivity index (χ4n) is 2.64. The van der Waals surface area contributed by atoms with Crippen molar-refractivity contribution in [3.05, 3.63) is 28.2 Å². The first kappa shape index (κ1) is 16.5. The van der Waals surface area contributed by atoms with Crippen molar-refractivity contribution in [1.82, 2.24) is 4.90 Å². The third-order valence-corrected chi connectivity index (χ3v) is 4.48. The highest BCUT2D eigenvalue weighted by molar-refractivity contribution is 9.10. The Morgan fingerprint density at radius 3 is 2.90 bits per heavy atom. The zero-order chi connectivity index (χ0) is 15.5. The Morgan fingerprint density at radius 1 is 1.43 bits per heavy atom. The zero-order valence-corrected chi connectivity index (χ0v) is 14.2. The number of halogens is 1. The molecule has 1 heterocycles. The first-order chi connectivity index (χ1) is 9.85. The minimum atomic E-state index is -0.590. The molecule has 1 aromatic rings. The lowest BCUT2D eigenvalue weighted by atomic mass is 9.98. The number of amides is 1. The Morgan fingerprint density at radius 2 is 2.19 bits per heavy atom. The Kier molecular flexibility index (Phi) is 5.41. The fraction of sp³-hybridized carbons (Fsp3) is 0.562. The Labute approximate surface area is 134 Å². The van der Waals surface area contributed by atoms with Gasteiger partial charge in [0.25, 0.3) is 0 Å². The maximum Gasteiger partial charge on any atom is 0.238 e. The molecule has 1 atom stereocenters. The lowest BCUT2D eigenvalue weighted by molar-refractivity contribution is -0.117. The molecule has 0 radical (unpaired) electrons. The second kappa shape index (κ2) is 6.90. The highest BCUT2D eigenvalue weighted by atomic mass is 79.9. The maximum atomic E-state index is 12.2. The molecule has 1 amide bonds. The van der Waals surface area contributed by atoms with Gasteiger partial charge >= 0.3 is 0 Å². The summed E-state index contributed by atoms with van der Waals surface area (Å²) < 4.78 is 1.01. The summed E-state index contributed by atoms with van der Waals surface area (Å²) in [4.78, 5) is 14.3. The smallest absolute Gasteiger partial charge is 0.238 e. The van der Waals surface area contributed by atoms with E-state index in [9.17, 15) is 9.90 Å². The predicted octanol–water partition coefficient (Wildman–Crippen LogP) is 2.93. The third kappa shape index (κ3) is 5.09. The first-order valence-corrected chi connectivity index (χ1v) is 8.16. The highest BCUT2D eigenvalue weighted by Crippen LogP contribution is 2.22. The number of anilines is 1. The number of rotatable bonds is 3. The van der Waals surface area contributed by atoms with Crippen LogP contribution in [-0.4, -0.2) is 41.1 Å². The highest BCUT2D eigenvalue weighted by Gasteiger charge is 2.25. The van der Waals surface area contributed by atoms with Gasteiger partial charge in [-0.25, -0.2) is 0 Å². The van der Waals surface area contributed by atoms with Crippen LogP contribution in [0.4, 0.5) is 5.69 Å². The molecule has 4 nitrogen and oxygen atoms in total. The predicted molar refractivity (Wildman–Crippen MR) is 88.4 cm³/mol. The van der Waals surface area contributed by atoms with Gasteiger partial charge in [0.1, 0.15) is 0 Å². The lowest BCUT2D eigenvalue weighted by Crippen LogP contribution is -2.35. The van der Waals surface area contributed by atoms with E-state index >= 15 is 0 Å². The lowest BCUT2D eigenvalue weighted by Gasteiger charge is -2.22. The quantitative estimate of drug-likeness (QED) is 0.877. The van der Waals surface area contributed by atoms with Crippen molar-refractivity contribution in [3.8, 4) is 0 Å². The summed E-state index contributed by atoms with van der Waals surface area (Å²) in [6.07, 6.45) is 2.45. The van der Waals surface area contributed by atoms with Crippen molar-refractivity contribution in [2.75, 3.05) is 25.0 Å². The monoisotopic (exact) mass is 354 g/mol. The van der Waals surface area contributed by atoms with Gasteiger partial charge in [0.05, 0.1) is 12.1 Å². The molecule has 0 spiro atoms. The van der Waals surface area contributed by atoms with Gasteiger partial charge in [-0.1, -0.05) is 15.9 Å². The molecule has 0 bridgehead atoms. The van der Waals surface area contributed by atoms with E-state index in [-0.39, 0.29) is 5.91 Å². The van der Waals surface area contributed by atoms with Crippen LogP contribution in [0.25, 0.3) is 0 Å². The number of carbonyl (C=O) groups is 1. The van der Waals surface area contributed by atoms with Crippen LogP contribution in [0.15, 0.2) is 22.7 Å². The average molecular weight is 355 g/mol. The van der Waals surface area contributed by atoms with Gasteiger partial charge in [0.2, 0.25) is 5.91 Å². The van der Waals surface area contributed by atoms with E-state index in [4.69, 9.17) is 0 Å². The Hall–Kier alpha value is -0.910. The third-order valence-electron chi connectivity index (χ3n) is 3.99. The normalized spacial score (nSPS) is 23.6. The molecule has 1 fully saturated rings. The zero-order valence-electron chi connectivity index (χ0n) is 12.7. The Bertz CT molecular complexity index is 517. The summed E-state index contributed by atoms with van der Waals surface area (Å²) in [6.45, 7) is 5.86. The van der Waals surface area contributed by atoms with Crippen LogP contribution in [0.5, 0.6) is 0 Å². The van der Waals surface area contributed by atoms with Gasteiger partial charge in [0, 0.05) is 16.7 Å². The van der Waals surface area contributed by atoms with Crippen molar-refractivity contribution in [2.24, 2.45) is 0 Å². The van der Waals surface area contributed by atoms with Gasteiger partial charge in [-0.2, -0.15) is 0 Å². The molecule has 5 heteroatoms. The summed E-state index contributed by atoms with van der Waals surface area (Å²) in [5.41, 5.74) is 1.30. The van der Waals surface area contributed by atoms with E-state index in [0.717, 1.165) is 48.1 Å². The van der Waals surface area contributed by atoms with Crippen molar-refractivity contribution in [2.45, 2.75) is 38.7 Å². The topological polar surface area (TPSA) is 52.6 Å². The number of nitrogens with zero attached hydrogens (tertiary/aromatic N) is 1. The Balaban J connectivity index is 1.89. The van der Waals surface area contributed by atoms with Crippen LogP contribution in [0.1, 0.15) is 31.7 Å². The van der Waals surface area contributed by atoms with E-state index in [1.165, 1.54) is 0 Å². The van der Waals surface area contributed by atoms with Crippen molar-refractivity contribution in [3.63, 3.8) is 0 Å². The van der Waals surface area contributed by atoms with Crippen LogP contribution in [-0.2, 0) is 4.79 Å². The SMILES string of the molecule is Cc1cc(Br)ccc1NC(=O)CN1CCCC(C)(O)CC1. The molecular weight excluding hydrogens is 332 g/mol. The minimum Gasteiger partial charge on any atom is -0.390 e. The average Bonchev–Trinajstić information content (AvgIpc) is 2.54. The van der Waals surface area contributed by atoms with Crippen molar-refractivity contribution >= 4 is 27.5 Å². The van der Waals surface area contributed by atoms with E-state index in [1.54, 1.807) is 0 Å². The number of likely N-dealkylation sites (tertiary alicyclic amines) is 1. The summed E-state index contributed by atoms with van der Waals surface area (Å²) in [5.74, 6) is 0.00182. The molecule has 1 aliphatic heterocycles. The van der Waals surface area contributed by atoms with E-state index in [0.29, 0.717) is 6.54 Å². The van der Waals surface area contributed by atoms with Crippen molar-refractivity contribution < 1.29 is 9.90 Å². The van der Waals surface area contributed by atoms with E-state index in [2.05, 4.69) is 26.1 Å². The molecule has 116 valence electrons. The van der Waals surface area contributed by atoms with Crippen molar-refractivity contribution in [1.29, 1.82) is 0 Å².